The molecule has 0 saturated heterocycles. The Bertz CT molecular complexity index is 649. The minimum atomic E-state index is -2.19. The van der Waals surface area contributed by atoms with Crippen molar-refractivity contribution in [3.05, 3.63) is 35.4 Å². The third kappa shape index (κ3) is 4.85. The summed E-state index contributed by atoms with van der Waals surface area (Å²) < 4.78 is 9.85. The normalized spacial score (nSPS) is 10.2. The molecule has 0 atom stereocenters. The Morgan fingerprint density at radius 3 is 1.96 bits per heavy atom. The van der Waals surface area contributed by atoms with Crippen molar-refractivity contribution in [1.29, 1.82) is 0 Å². The number of nitrogens with one attached hydrogen (secondary N) is 1. The van der Waals surface area contributed by atoms with Gasteiger partial charge in [-0.05, 0) is 38.8 Å². The van der Waals surface area contributed by atoms with Crippen LogP contribution >= 0.6 is 0 Å². The number of hydrogen-bond donors (Lipinski definition) is 1. The molecule has 1 rings (SSSR count). The molecule has 1 N–H and O–H groups in total. The van der Waals surface area contributed by atoms with Gasteiger partial charge in [0.1, 0.15) is 0 Å². The average molecular weight is 331 g/mol. The number of benzene rings is 1. The number of aryl methyl sites for hydroxylation is 1. The lowest BCUT2D eigenvalue weighted by atomic mass is 9.99. The number of ether oxygens (including phenoxy) is 2. The van der Waals surface area contributed by atoms with Gasteiger partial charge in [0.15, 0.2) is 0 Å². The summed E-state index contributed by atoms with van der Waals surface area (Å²) in [6.07, 6.45) is 0. The van der Waals surface area contributed by atoms with Crippen molar-refractivity contribution < 1.29 is 23.9 Å². The monoisotopic (exact) mass is 331 g/mol. The molecule has 6 heteroatoms. The number of amides is 1. The zero-order chi connectivity index (χ0) is 18.2. The smallest absolute Gasteiger partial charge is 0.356 e. The minimum absolute atomic E-state index is 0.0335. The van der Waals surface area contributed by atoms with E-state index in [-0.39, 0.29) is 13.2 Å². The van der Waals surface area contributed by atoms with Gasteiger partial charge >= 0.3 is 11.9 Å². The molecule has 1 amide bonds. The highest BCUT2D eigenvalue weighted by Gasteiger charge is 2.49. The van der Waals surface area contributed by atoms with Crippen molar-refractivity contribution in [2.24, 2.45) is 0 Å². The lowest BCUT2D eigenvalue weighted by molar-refractivity contribution is -0.164. The van der Waals surface area contributed by atoms with Crippen LogP contribution in [0.4, 0.5) is 0 Å². The van der Waals surface area contributed by atoms with E-state index in [4.69, 9.17) is 9.47 Å². The molecule has 128 valence electrons. The van der Waals surface area contributed by atoms with E-state index in [1.807, 2.05) is 19.1 Å². The molecule has 0 saturated carbocycles. The summed E-state index contributed by atoms with van der Waals surface area (Å²) in [6, 6.07) is 7.19. The zero-order valence-corrected chi connectivity index (χ0v) is 14.3. The van der Waals surface area contributed by atoms with Crippen molar-refractivity contribution in [3.63, 3.8) is 0 Å². The molecule has 24 heavy (non-hydrogen) atoms. The molecule has 0 unspecified atom stereocenters. The third-order valence-electron chi connectivity index (χ3n) is 2.97. The van der Waals surface area contributed by atoms with Crippen LogP contribution in [0.25, 0.3) is 0 Å². The van der Waals surface area contributed by atoms with Crippen molar-refractivity contribution in [2.45, 2.75) is 33.2 Å². The first-order valence-corrected chi connectivity index (χ1v) is 7.58. The maximum atomic E-state index is 12.4. The quantitative estimate of drug-likeness (QED) is 0.500. The molecule has 0 bridgehead atoms. The molecule has 0 spiro atoms. The Morgan fingerprint density at radius 2 is 1.54 bits per heavy atom. The standard InChI is InChI=1S/C18H21NO5/c1-5-23-16(21)18(19-14(4)20,17(22)24-6-2)12-11-15-9-7-13(3)8-10-15/h7-10H,5-6H2,1-4H3,(H,19,20). The summed E-state index contributed by atoms with van der Waals surface area (Å²) >= 11 is 0. The van der Waals surface area contributed by atoms with Crippen LogP contribution in [0.5, 0.6) is 0 Å². The van der Waals surface area contributed by atoms with Gasteiger partial charge in [0.25, 0.3) is 5.54 Å². The van der Waals surface area contributed by atoms with Crippen LogP contribution in [0, 0.1) is 18.8 Å². The summed E-state index contributed by atoms with van der Waals surface area (Å²) in [4.78, 5) is 36.2. The van der Waals surface area contributed by atoms with Crippen LogP contribution in [0.1, 0.15) is 31.9 Å². The fraction of sp³-hybridized carbons (Fsp3) is 0.389. The van der Waals surface area contributed by atoms with E-state index >= 15 is 0 Å². The highest BCUT2D eigenvalue weighted by molar-refractivity contribution is 6.11. The lowest BCUT2D eigenvalue weighted by Gasteiger charge is -2.24. The molecule has 1 aromatic rings. The van der Waals surface area contributed by atoms with Crippen LogP contribution in [-0.2, 0) is 23.9 Å². The largest absolute Gasteiger partial charge is 0.463 e. The summed E-state index contributed by atoms with van der Waals surface area (Å²) in [6.45, 7) is 6.36. The first-order valence-electron chi connectivity index (χ1n) is 7.58. The number of hydrogen-bond acceptors (Lipinski definition) is 5. The number of esters is 2. The lowest BCUT2D eigenvalue weighted by Crippen LogP contribution is -2.60. The van der Waals surface area contributed by atoms with E-state index in [1.54, 1.807) is 26.0 Å². The second-order valence-electron chi connectivity index (χ2n) is 4.99. The van der Waals surface area contributed by atoms with E-state index < -0.39 is 23.4 Å². The number of carbonyl (C=O) groups excluding carboxylic acids is 3. The van der Waals surface area contributed by atoms with Gasteiger partial charge in [0, 0.05) is 12.5 Å². The molecule has 0 aliphatic carbocycles. The maximum absolute atomic E-state index is 12.4. The molecule has 1 aromatic carbocycles. The van der Waals surface area contributed by atoms with Crippen LogP contribution in [0.15, 0.2) is 24.3 Å². The SMILES string of the molecule is CCOC(=O)C(C#Cc1ccc(C)cc1)(NC(C)=O)C(=O)OCC. The molecule has 6 nitrogen and oxygen atoms in total. The van der Waals surface area contributed by atoms with Gasteiger partial charge < -0.3 is 14.8 Å². The third-order valence-corrected chi connectivity index (χ3v) is 2.97. The van der Waals surface area contributed by atoms with E-state index in [0.29, 0.717) is 5.56 Å². The number of carbonyl (C=O) groups is 3. The zero-order valence-electron chi connectivity index (χ0n) is 14.3. The van der Waals surface area contributed by atoms with Crippen molar-refractivity contribution in [3.8, 4) is 11.8 Å². The fourth-order valence-corrected chi connectivity index (χ4v) is 1.86. The summed E-state index contributed by atoms with van der Waals surface area (Å²) in [5.41, 5.74) is -0.559. The van der Waals surface area contributed by atoms with Gasteiger partial charge in [-0.3, -0.25) is 4.79 Å². The van der Waals surface area contributed by atoms with E-state index in [0.717, 1.165) is 5.56 Å². The van der Waals surface area contributed by atoms with Crippen LogP contribution in [0.2, 0.25) is 0 Å². The topological polar surface area (TPSA) is 81.7 Å². The summed E-state index contributed by atoms with van der Waals surface area (Å²) in [5, 5.41) is 2.28. The highest BCUT2D eigenvalue weighted by Crippen LogP contribution is 2.12. The summed E-state index contributed by atoms with van der Waals surface area (Å²) in [7, 11) is 0. The van der Waals surface area contributed by atoms with Crippen LogP contribution in [0.3, 0.4) is 0 Å². The van der Waals surface area contributed by atoms with Crippen molar-refractivity contribution in [1.82, 2.24) is 5.32 Å². The Kier molecular flexibility index (Phi) is 6.99. The Morgan fingerprint density at radius 1 is 1.04 bits per heavy atom. The molecule has 0 aliphatic heterocycles. The maximum Gasteiger partial charge on any atom is 0.356 e. The van der Waals surface area contributed by atoms with E-state index in [1.165, 1.54) is 6.92 Å². The number of rotatable bonds is 5. The molecule has 0 aliphatic rings. The van der Waals surface area contributed by atoms with Gasteiger partial charge in [-0.25, -0.2) is 9.59 Å². The first kappa shape index (κ1) is 19.2. The fourth-order valence-electron chi connectivity index (χ4n) is 1.86. The van der Waals surface area contributed by atoms with E-state index in [2.05, 4.69) is 17.2 Å². The first-order chi connectivity index (χ1) is 11.4. The van der Waals surface area contributed by atoms with Crippen LogP contribution < -0.4 is 5.32 Å². The molecule has 0 aromatic heterocycles. The molecular weight excluding hydrogens is 310 g/mol. The Balaban J connectivity index is 3.38. The van der Waals surface area contributed by atoms with Crippen LogP contribution in [-0.4, -0.2) is 36.6 Å². The van der Waals surface area contributed by atoms with Gasteiger partial charge in [-0.15, -0.1) is 0 Å². The van der Waals surface area contributed by atoms with Gasteiger partial charge in [-0.2, -0.15) is 0 Å². The predicted molar refractivity (Wildman–Crippen MR) is 87.9 cm³/mol. The average Bonchev–Trinajstić information content (AvgIpc) is 2.53. The van der Waals surface area contributed by atoms with Gasteiger partial charge in [0.05, 0.1) is 13.2 Å². The minimum Gasteiger partial charge on any atom is -0.463 e. The second kappa shape index (κ2) is 8.73. The Labute approximate surface area is 141 Å². The predicted octanol–water partition coefficient (Wildman–Crippen LogP) is 1.35. The second-order valence-corrected chi connectivity index (χ2v) is 4.99. The van der Waals surface area contributed by atoms with Gasteiger partial charge in [0.2, 0.25) is 5.91 Å². The van der Waals surface area contributed by atoms with Crippen molar-refractivity contribution >= 4 is 17.8 Å². The van der Waals surface area contributed by atoms with Gasteiger partial charge in [-0.1, -0.05) is 23.6 Å². The molecule has 0 heterocycles. The molecular formula is C18H21NO5. The van der Waals surface area contributed by atoms with Crippen molar-refractivity contribution in [2.75, 3.05) is 13.2 Å². The summed E-state index contributed by atoms with van der Waals surface area (Å²) in [5.74, 6) is 2.72. The molecule has 0 radical (unpaired) electrons. The van der Waals surface area contributed by atoms with E-state index in [9.17, 15) is 14.4 Å². The Hall–Kier alpha value is -2.81. The highest BCUT2D eigenvalue weighted by atomic mass is 16.6. The molecule has 0 fully saturated rings.